The average molecular weight is 267 g/mol. The summed E-state index contributed by atoms with van der Waals surface area (Å²) in [7, 11) is 0. The van der Waals surface area contributed by atoms with Crippen molar-refractivity contribution >= 4 is 11.3 Å². The van der Waals surface area contributed by atoms with Crippen LogP contribution in [0.3, 0.4) is 0 Å². The van der Waals surface area contributed by atoms with Crippen molar-refractivity contribution in [3.63, 3.8) is 0 Å². The van der Waals surface area contributed by atoms with Crippen LogP contribution in [-0.2, 0) is 6.42 Å². The summed E-state index contributed by atoms with van der Waals surface area (Å²) in [6, 6.07) is 5.04. The first-order valence-electron chi connectivity index (χ1n) is 7.19. The molecule has 0 aromatic carbocycles. The van der Waals surface area contributed by atoms with E-state index in [-0.39, 0.29) is 0 Å². The van der Waals surface area contributed by atoms with E-state index in [4.69, 9.17) is 0 Å². The fourth-order valence-electron chi connectivity index (χ4n) is 2.04. The lowest BCUT2D eigenvalue weighted by Gasteiger charge is -2.31. The van der Waals surface area contributed by atoms with Crippen LogP contribution in [0.5, 0.6) is 0 Å². The number of nitrogens with one attached hydrogen (secondary N) is 1. The summed E-state index contributed by atoms with van der Waals surface area (Å²) in [6.07, 6.45) is 3.66. The second kappa shape index (κ2) is 7.30. The van der Waals surface area contributed by atoms with Gasteiger partial charge in [-0.2, -0.15) is 0 Å². The Labute approximate surface area is 117 Å². The normalized spacial score (nSPS) is 15.6. The maximum absolute atomic E-state index is 3.72. The molecule has 0 bridgehead atoms. The van der Waals surface area contributed by atoms with Crippen molar-refractivity contribution in [3.8, 4) is 0 Å². The molecule has 2 atom stereocenters. The van der Waals surface area contributed by atoms with Crippen LogP contribution in [0.1, 0.15) is 52.3 Å². The van der Waals surface area contributed by atoms with Gasteiger partial charge in [-0.3, -0.25) is 0 Å². The van der Waals surface area contributed by atoms with E-state index in [1.165, 1.54) is 24.1 Å². The smallest absolute Gasteiger partial charge is 0.0118 e. The molecule has 1 heterocycles. The fraction of sp³-hybridized carbons (Fsp3) is 0.750. The van der Waals surface area contributed by atoms with Gasteiger partial charge in [0.2, 0.25) is 0 Å². The minimum atomic E-state index is 0.404. The molecule has 1 N–H and O–H groups in total. The SMILES string of the molecule is CCCNC(Cc1cccs1)CC(C)C(C)(C)C. The molecule has 2 heteroatoms. The van der Waals surface area contributed by atoms with Gasteiger partial charge in [0.15, 0.2) is 0 Å². The lowest BCUT2D eigenvalue weighted by atomic mass is 9.78. The van der Waals surface area contributed by atoms with Gasteiger partial charge in [-0.05, 0) is 48.6 Å². The predicted octanol–water partition coefficient (Wildman–Crippen LogP) is 4.73. The molecular formula is C16H29NS. The monoisotopic (exact) mass is 267 g/mol. The summed E-state index contributed by atoms with van der Waals surface area (Å²) in [4.78, 5) is 1.50. The van der Waals surface area contributed by atoms with Crippen LogP contribution in [0, 0.1) is 11.3 Å². The highest BCUT2D eigenvalue weighted by Crippen LogP contribution is 2.30. The summed E-state index contributed by atoms with van der Waals surface area (Å²) in [6.45, 7) is 12.8. The van der Waals surface area contributed by atoms with Gasteiger partial charge in [-0.1, -0.05) is 40.7 Å². The number of rotatable bonds is 7. The molecule has 0 radical (unpaired) electrons. The molecule has 0 aliphatic heterocycles. The Kier molecular flexibility index (Phi) is 6.37. The van der Waals surface area contributed by atoms with Crippen LogP contribution in [0.2, 0.25) is 0 Å². The van der Waals surface area contributed by atoms with Gasteiger partial charge in [-0.25, -0.2) is 0 Å². The van der Waals surface area contributed by atoms with Crippen LogP contribution in [0.25, 0.3) is 0 Å². The van der Waals surface area contributed by atoms with Gasteiger partial charge >= 0.3 is 0 Å². The Morgan fingerprint density at radius 1 is 1.33 bits per heavy atom. The minimum Gasteiger partial charge on any atom is -0.314 e. The molecule has 1 nitrogen and oxygen atoms in total. The van der Waals surface area contributed by atoms with Crippen molar-refractivity contribution in [1.29, 1.82) is 0 Å². The molecule has 1 rings (SSSR count). The topological polar surface area (TPSA) is 12.0 Å². The summed E-state index contributed by atoms with van der Waals surface area (Å²) in [5.74, 6) is 0.742. The second-order valence-corrected chi connectivity index (χ2v) is 7.47. The highest BCUT2D eigenvalue weighted by molar-refractivity contribution is 7.09. The quantitative estimate of drug-likeness (QED) is 0.753. The highest BCUT2D eigenvalue weighted by atomic mass is 32.1. The van der Waals surface area contributed by atoms with Crippen molar-refractivity contribution in [2.45, 2.75) is 59.9 Å². The standard InChI is InChI=1S/C16H29NS/c1-6-9-17-14(11-13(2)16(3,4)5)12-15-8-7-10-18-15/h7-8,10,13-14,17H,6,9,11-12H2,1-5H3. The third-order valence-electron chi connectivity index (χ3n) is 3.83. The molecule has 0 amide bonds. The van der Waals surface area contributed by atoms with E-state index in [0.717, 1.165) is 12.5 Å². The molecule has 1 aromatic heterocycles. The minimum absolute atomic E-state index is 0.404. The van der Waals surface area contributed by atoms with Gasteiger partial charge in [0.1, 0.15) is 0 Å². The number of thiophene rings is 1. The van der Waals surface area contributed by atoms with E-state index in [1.807, 2.05) is 11.3 Å². The van der Waals surface area contributed by atoms with Gasteiger partial charge in [0, 0.05) is 10.9 Å². The molecule has 0 spiro atoms. The van der Waals surface area contributed by atoms with Crippen molar-refractivity contribution in [2.75, 3.05) is 6.54 Å². The molecule has 18 heavy (non-hydrogen) atoms. The van der Waals surface area contributed by atoms with Crippen molar-refractivity contribution in [2.24, 2.45) is 11.3 Å². The Hall–Kier alpha value is -0.340. The van der Waals surface area contributed by atoms with E-state index in [2.05, 4.69) is 57.4 Å². The van der Waals surface area contributed by atoms with Crippen LogP contribution in [0.4, 0.5) is 0 Å². The molecular weight excluding hydrogens is 238 g/mol. The third kappa shape index (κ3) is 5.53. The van der Waals surface area contributed by atoms with E-state index in [9.17, 15) is 0 Å². The Morgan fingerprint density at radius 3 is 2.56 bits per heavy atom. The van der Waals surface area contributed by atoms with Crippen LogP contribution in [-0.4, -0.2) is 12.6 Å². The van der Waals surface area contributed by atoms with Crippen molar-refractivity contribution in [3.05, 3.63) is 22.4 Å². The second-order valence-electron chi connectivity index (χ2n) is 6.44. The Morgan fingerprint density at radius 2 is 2.06 bits per heavy atom. The first-order chi connectivity index (χ1) is 8.43. The van der Waals surface area contributed by atoms with Gasteiger partial charge in [-0.15, -0.1) is 11.3 Å². The molecule has 1 aromatic rings. The highest BCUT2D eigenvalue weighted by Gasteiger charge is 2.23. The van der Waals surface area contributed by atoms with Gasteiger partial charge in [0.05, 0.1) is 0 Å². The Bertz CT molecular complexity index is 310. The molecule has 0 saturated heterocycles. The third-order valence-corrected chi connectivity index (χ3v) is 4.73. The molecule has 0 aliphatic rings. The zero-order valence-electron chi connectivity index (χ0n) is 12.6. The molecule has 0 aliphatic carbocycles. The first kappa shape index (κ1) is 15.7. The van der Waals surface area contributed by atoms with E-state index < -0.39 is 0 Å². The lowest BCUT2D eigenvalue weighted by Crippen LogP contribution is -2.35. The van der Waals surface area contributed by atoms with E-state index >= 15 is 0 Å². The maximum Gasteiger partial charge on any atom is 0.0118 e. The Balaban J connectivity index is 2.55. The molecule has 0 fully saturated rings. The number of hydrogen-bond acceptors (Lipinski definition) is 2. The zero-order valence-corrected chi connectivity index (χ0v) is 13.4. The van der Waals surface area contributed by atoms with Crippen LogP contribution in [0.15, 0.2) is 17.5 Å². The van der Waals surface area contributed by atoms with Crippen molar-refractivity contribution in [1.82, 2.24) is 5.32 Å². The molecule has 2 unspecified atom stereocenters. The predicted molar refractivity (Wildman–Crippen MR) is 83.3 cm³/mol. The average Bonchev–Trinajstić information content (AvgIpc) is 2.77. The zero-order chi connectivity index (χ0) is 13.6. The number of hydrogen-bond donors (Lipinski definition) is 1. The van der Waals surface area contributed by atoms with E-state index in [0.29, 0.717) is 11.5 Å². The van der Waals surface area contributed by atoms with Gasteiger partial charge < -0.3 is 5.32 Å². The molecule has 0 saturated carbocycles. The van der Waals surface area contributed by atoms with Crippen LogP contribution >= 0.6 is 11.3 Å². The summed E-state index contributed by atoms with van der Waals surface area (Å²) in [5, 5.41) is 5.90. The lowest BCUT2D eigenvalue weighted by molar-refractivity contribution is 0.222. The summed E-state index contributed by atoms with van der Waals surface area (Å²) in [5.41, 5.74) is 0.404. The van der Waals surface area contributed by atoms with Crippen molar-refractivity contribution < 1.29 is 0 Å². The summed E-state index contributed by atoms with van der Waals surface area (Å²) >= 11 is 1.88. The molecule has 104 valence electrons. The first-order valence-corrected chi connectivity index (χ1v) is 8.07. The van der Waals surface area contributed by atoms with Crippen LogP contribution < -0.4 is 5.32 Å². The largest absolute Gasteiger partial charge is 0.314 e. The van der Waals surface area contributed by atoms with E-state index in [1.54, 1.807) is 0 Å². The summed E-state index contributed by atoms with van der Waals surface area (Å²) < 4.78 is 0. The fourth-order valence-corrected chi connectivity index (χ4v) is 2.83. The maximum atomic E-state index is 3.72. The van der Waals surface area contributed by atoms with Gasteiger partial charge in [0.25, 0.3) is 0 Å².